The highest BCUT2D eigenvalue weighted by atomic mass is 19.4. The summed E-state index contributed by atoms with van der Waals surface area (Å²) in [6, 6.07) is 14.9. The third-order valence-electron chi connectivity index (χ3n) is 5.85. The van der Waals surface area contributed by atoms with Gasteiger partial charge in [0.15, 0.2) is 0 Å². The molecular weight excluding hydrogens is 381 g/mol. The molecule has 0 aromatic heterocycles. The van der Waals surface area contributed by atoms with Gasteiger partial charge in [-0.3, -0.25) is 0 Å². The predicted molar refractivity (Wildman–Crippen MR) is 122 cm³/mol. The Balaban J connectivity index is 2.54. The minimum Gasteiger partial charge on any atom is -0.170 e. The van der Waals surface area contributed by atoms with E-state index in [1.165, 1.54) is 0 Å². The van der Waals surface area contributed by atoms with Gasteiger partial charge in [-0.1, -0.05) is 101 Å². The van der Waals surface area contributed by atoms with Gasteiger partial charge in [-0.2, -0.15) is 13.2 Å². The Kier molecular flexibility index (Phi) is 7.18. The van der Waals surface area contributed by atoms with Crippen LogP contribution < -0.4 is 0 Å². The van der Waals surface area contributed by atoms with Gasteiger partial charge >= 0.3 is 6.18 Å². The molecule has 0 aliphatic rings. The van der Waals surface area contributed by atoms with Gasteiger partial charge < -0.3 is 0 Å². The molecule has 0 aliphatic heterocycles. The van der Waals surface area contributed by atoms with Crippen LogP contribution in [0.5, 0.6) is 0 Å². The summed E-state index contributed by atoms with van der Waals surface area (Å²) in [5.41, 5.74) is 1.36. The lowest BCUT2D eigenvalue weighted by Gasteiger charge is -2.46. The van der Waals surface area contributed by atoms with Crippen LogP contribution in [0.1, 0.15) is 52.2 Å². The minimum atomic E-state index is -4.34. The second kappa shape index (κ2) is 9.07. The van der Waals surface area contributed by atoms with Crippen molar-refractivity contribution in [3.8, 4) is 11.1 Å². The second-order valence-electron chi connectivity index (χ2n) is 8.52. The minimum absolute atomic E-state index is 0.00606. The molecule has 0 saturated carbocycles. The van der Waals surface area contributed by atoms with Crippen LogP contribution in [0.25, 0.3) is 16.7 Å². The Morgan fingerprint density at radius 2 is 1.60 bits per heavy atom. The van der Waals surface area contributed by atoms with E-state index < -0.39 is 17.0 Å². The molecule has 0 amide bonds. The molecule has 30 heavy (non-hydrogen) atoms. The Morgan fingerprint density at radius 3 is 2.07 bits per heavy atom. The molecule has 0 radical (unpaired) electrons. The molecule has 2 aromatic rings. The highest BCUT2D eigenvalue weighted by molar-refractivity contribution is 5.78. The highest BCUT2D eigenvalue weighted by Crippen LogP contribution is 2.54. The molecule has 3 heteroatoms. The number of benzene rings is 2. The van der Waals surface area contributed by atoms with E-state index in [0.717, 1.165) is 22.3 Å². The smallest absolute Gasteiger partial charge is 0.170 e. The fraction of sp³-hybridized carbons (Fsp3) is 0.333. The Labute approximate surface area is 178 Å². The van der Waals surface area contributed by atoms with E-state index in [-0.39, 0.29) is 6.42 Å². The molecule has 160 valence electrons. The van der Waals surface area contributed by atoms with E-state index in [1.807, 2.05) is 49.4 Å². The third kappa shape index (κ3) is 4.45. The van der Waals surface area contributed by atoms with E-state index in [0.29, 0.717) is 5.56 Å². The van der Waals surface area contributed by atoms with Crippen molar-refractivity contribution < 1.29 is 13.2 Å². The predicted octanol–water partition coefficient (Wildman–Crippen LogP) is 8.76. The maximum Gasteiger partial charge on any atom is 0.398 e. The molecule has 0 aliphatic carbocycles. The number of hydrogen-bond acceptors (Lipinski definition) is 0. The molecule has 0 bridgehead atoms. The van der Waals surface area contributed by atoms with Crippen LogP contribution in [0, 0.1) is 5.41 Å². The zero-order chi connectivity index (χ0) is 22.6. The molecule has 0 nitrogen and oxygen atoms in total. The quantitative estimate of drug-likeness (QED) is 0.416. The van der Waals surface area contributed by atoms with Crippen LogP contribution in [-0.2, 0) is 5.41 Å². The number of allylic oxidation sites excluding steroid dienone is 5. The van der Waals surface area contributed by atoms with Crippen molar-refractivity contribution >= 4 is 5.57 Å². The van der Waals surface area contributed by atoms with E-state index >= 15 is 0 Å². The number of halogens is 3. The van der Waals surface area contributed by atoms with Crippen LogP contribution >= 0.6 is 0 Å². The summed E-state index contributed by atoms with van der Waals surface area (Å²) < 4.78 is 42.7. The normalized spacial score (nSPS) is 15.3. The van der Waals surface area contributed by atoms with Crippen LogP contribution in [0.15, 0.2) is 79.4 Å². The summed E-state index contributed by atoms with van der Waals surface area (Å²) in [7, 11) is 0. The van der Waals surface area contributed by atoms with Gasteiger partial charge in [-0.25, -0.2) is 0 Å². The second-order valence-corrected chi connectivity index (χ2v) is 8.52. The first-order valence-corrected chi connectivity index (χ1v) is 10.2. The first-order valence-electron chi connectivity index (χ1n) is 10.2. The maximum absolute atomic E-state index is 14.2. The average molecular weight is 413 g/mol. The van der Waals surface area contributed by atoms with E-state index in [9.17, 15) is 13.2 Å². The fourth-order valence-electron chi connectivity index (χ4n) is 4.34. The molecule has 2 aromatic carbocycles. The lowest BCUT2D eigenvalue weighted by molar-refractivity contribution is -0.221. The van der Waals surface area contributed by atoms with Gasteiger partial charge in [0.25, 0.3) is 0 Å². The summed E-state index contributed by atoms with van der Waals surface area (Å²) in [6.07, 6.45) is 3.30. The molecule has 0 N–H and O–H groups in total. The number of rotatable bonds is 6. The van der Waals surface area contributed by atoms with Crippen molar-refractivity contribution in [1.29, 1.82) is 0 Å². The zero-order valence-corrected chi connectivity index (χ0v) is 18.5. The van der Waals surface area contributed by atoms with Crippen molar-refractivity contribution in [2.24, 2.45) is 5.41 Å². The van der Waals surface area contributed by atoms with Gasteiger partial charge in [-0.15, -0.1) is 0 Å². The molecular formula is C27H31F3. The lowest BCUT2D eigenvalue weighted by Crippen LogP contribution is -2.51. The maximum atomic E-state index is 14.2. The molecule has 1 unspecified atom stereocenters. The van der Waals surface area contributed by atoms with Gasteiger partial charge in [0.2, 0.25) is 0 Å². The van der Waals surface area contributed by atoms with Gasteiger partial charge in [-0.05, 0) is 52.7 Å². The van der Waals surface area contributed by atoms with E-state index in [1.54, 1.807) is 58.0 Å². The Hall–Kier alpha value is -2.55. The van der Waals surface area contributed by atoms with Crippen LogP contribution in [0.2, 0.25) is 0 Å². The summed E-state index contributed by atoms with van der Waals surface area (Å²) in [5, 5.41) is 0. The number of alkyl halides is 3. The zero-order valence-electron chi connectivity index (χ0n) is 18.5. The molecule has 0 heterocycles. The molecule has 1 atom stereocenters. The van der Waals surface area contributed by atoms with Crippen molar-refractivity contribution in [2.75, 3.05) is 0 Å². The van der Waals surface area contributed by atoms with Crippen LogP contribution in [0.3, 0.4) is 0 Å². The van der Waals surface area contributed by atoms with Gasteiger partial charge in [0.1, 0.15) is 0 Å². The van der Waals surface area contributed by atoms with Crippen LogP contribution in [0.4, 0.5) is 13.2 Å². The van der Waals surface area contributed by atoms with Crippen molar-refractivity contribution in [1.82, 2.24) is 0 Å². The first kappa shape index (κ1) is 23.7. The summed E-state index contributed by atoms with van der Waals surface area (Å²) in [4.78, 5) is 0. The van der Waals surface area contributed by atoms with Gasteiger partial charge in [0.05, 0.1) is 5.41 Å². The monoisotopic (exact) mass is 412 g/mol. The van der Waals surface area contributed by atoms with Crippen molar-refractivity contribution in [3.63, 3.8) is 0 Å². The summed E-state index contributed by atoms with van der Waals surface area (Å²) in [5.74, 6) is 0. The molecule has 0 fully saturated rings. The summed E-state index contributed by atoms with van der Waals surface area (Å²) in [6.45, 7) is 12.3. The lowest BCUT2D eigenvalue weighted by atomic mass is 9.60. The van der Waals surface area contributed by atoms with Crippen molar-refractivity contribution in [3.05, 3.63) is 90.5 Å². The largest absolute Gasteiger partial charge is 0.398 e. The Morgan fingerprint density at radius 1 is 0.967 bits per heavy atom. The average Bonchev–Trinajstić information content (AvgIpc) is 2.67. The van der Waals surface area contributed by atoms with E-state index in [4.69, 9.17) is 0 Å². The third-order valence-corrected chi connectivity index (χ3v) is 5.85. The van der Waals surface area contributed by atoms with Crippen LogP contribution in [-0.4, -0.2) is 6.18 Å². The SMILES string of the molecule is C=C/C=C(\C=C/C)c1cccc(-c2ccc(C(CC)(C(C)(C)C)C(F)(F)F)cc2)c1. The van der Waals surface area contributed by atoms with Crippen molar-refractivity contribution in [2.45, 2.75) is 52.6 Å². The van der Waals surface area contributed by atoms with Gasteiger partial charge in [0, 0.05) is 0 Å². The highest BCUT2D eigenvalue weighted by Gasteiger charge is 2.60. The Bertz CT molecular complexity index is 906. The standard InChI is InChI=1S/C27H31F3/c1-7-11-20(12-8-2)22-13-10-14-23(19-22)21-15-17-24(18-16-21)26(9-3,25(4,5)6)27(28,29)30/h7-8,10-19H,1,9H2,2-6H3/b12-8-,20-11+. The molecule has 2 rings (SSSR count). The fourth-order valence-corrected chi connectivity index (χ4v) is 4.34. The topological polar surface area (TPSA) is 0 Å². The molecule has 0 saturated heterocycles. The van der Waals surface area contributed by atoms with E-state index in [2.05, 4.69) is 6.58 Å². The summed E-state index contributed by atoms with van der Waals surface area (Å²) >= 11 is 0. The first-order chi connectivity index (χ1) is 14.0. The number of hydrogen-bond donors (Lipinski definition) is 0. The molecule has 0 spiro atoms.